The largest absolute Gasteiger partial charge is 0.476 e. The van der Waals surface area contributed by atoms with Crippen LogP contribution < -0.4 is 0 Å². The maximum atomic E-state index is 11.2. The van der Waals surface area contributed by atoms with E-state index in [1.807, 2.05) is 19.1 Å². The molecule has 1 N–H and O–H groups in total. The number of rotatable bonds is 4. The van der Waals surface area contributed by atoms with E-state index < -0.39 is 5.97 Å². The molecule has 20 heavy (non-hydrogen) atoms. The van der Waals surface area contributed by atoms with Crippen LogP contribution in [0.1, 0.15) is 29.1 Å². The summed E-state index contributed by atoms with van der Waals surface area (Å²) < 4.78 is 6.61. The number of aryl methyl sites for hydroxylation is 1. The minimum atomic E-state index is -1.05. The molecule has 7 heteroatoms. The number of carbonyl (C=O) groups is 1. The quantitative estimate of drug-likeness (QED) is 0.777. The van der Waals surface area contributed by atoms with Gasteiger partial charge in [-0.15, -0.1) is 0 Å². The Bertz CT molecular complexity index is 775. The van der Waals surface area contributed by atoms with E-state index >= 15 is 0 Å². The number of para-hydroxylation sites is 1. The molecule has 0 aliphatic rings. The van der Waals surface area contributed by atoms with Crippen molar-refractivity contribution in [2.75, 3.05) is 0 Å². The first kappa shape index (κ1) is 12.3. The van der Waals surface area contributed by atoms with Gasteiger partial charge in [0.05, 0.1) is 5.52 Å². The number of fused-ring (bicyclic) bond motifs is 1. The summed E-state index contributed by atoms with van der Waals surface area (Å²) in [6, 6.07) is 7.16. The number of carboxylic acid groups (broad SMARTS) is 1. The lowest BCUT2D eigenvalue weighted by Crippen LogP contribution is -2.05. The zero-order valence-corrected chi connectivity index (χ0v) is 10.8. The Kier molecular flexibility index (Phi) is 2.94. The molecule has 0 saturated carbocycles. The van der Waals surface area contributed by atoms with Crippen LogP contribution in [-0.2, 0) is 13.0 Å². The second-order valence-corrected chi connectivity index (χ2v) is 4.29. The van der Waals surface area contributed by atoms with Crippen LogP contribution in [0, 0.1) is 0 Å². The molecule has 0 aliphatic heterocycles. The van der Waals surface area contributed by atoms with Gasteiger partial charge in [0.25, 0.3) is 0 Å². The minimum absolute atomic E-state index is 0.0276. The first-order valence-corrected chi connectivity index (χ1v) is 6.19. The summed E-state index contributed by atoms with van der Waals surface area (Å²) in [6.07, 6.45) is 0.660. The van der Waals surface area contributed by atoms with Crippen molar-refractivity contribution in [2.45, 2.75) is 19.9 Å². The van der Waals surface area contributed by atoms with Crippen LogP contribution in [0.3, 0.4) is 0 Å². The van der Waals surface area contributed by atoms with Crippen molar-refractivity contribution in [1.29, 1.82) is 0 Å². The molecule has 0 atom stereocenters. The Morgan fingerprint density at radius 2 is 2.20 bits per heavy atom. The molecule has 1 aromatic carbocycles. The van der Waals surface area contributed by atoms with Crippen molar-refractivity contribution in [3.8, 4) is 0 Å². The van der Waals surface area contributed by atoms with Crippen LogP contribution in [0.25, 0.3) is 10.9 Å². The van der Waals surface area contributed by atoms with Gasteiger partial charge in [0, 0.05) is 11.8 Å². The lowest BCUT2D eigenvalue weighted by Gasteiger charge is -1.98. The van der Waals surface area contributed by atoms with E-state index in [4.69, 9.17) is 4.52 Å². The normalized spacial score (nSPS) is 11.1. The van der Waals surface area contributed by atoms with E-state index in [2.05, 4.69) is 15.2 Å². The van der Waals surface area contributed by atoms with Gasteiger partial charge in [0.15, 0.2) is 11.5 Å². The molecule has 0 radical (unpaired) electrons. The summed E-state index contributed by atoms with van der Waals surface area (Å²) in [5.74, 6) is -0.0238. The molecular weight excluding hydrogens is 260 g/mol. The average molecular weight is 272 g/mol. The summed E-state index contributed by atoms with van der Waals surface area (Å²) in [6.45, 7) is 2.19. The molecule has 0 fully saturated rings. The summed E-state index contributed by atoms with van der Waals surface area (Å²) >= 11 is 0. The highest BCUT2D eigenvalue weighted by Crippen LogP contribution is 2.19. The maximum Gasteiger partial charge on any atom is 0.357 e. The van der Waals surface area contributed by atoms with Crippen LogP contribution in [0.5, 0.6) is 0 Å². The standard InChI is InChI=1S/C13H12N4O3/c1-2-11-14-10(16-20-11)7-17-9-6-4-3-5-8(9)12(15-17)13(18)19/h3-6H,2,7H2,1H3,(H,18,19). The Morgan fingerprint density at radius 3 is 2.90 bits per heavy atom. The fraction of sp³-hybridized carbons (Fsp3) is 0.231. The molecule has 0 amide bonds. The van der Waals surface area contributed by atoms with Crippen molar-refractivity contribution < 1.29 is 14.4 Å². The molecule has 102 valence electrons. The van der Waals surface area contributed by atoms with Crippen molar-refractivity contribution in [3.63, 3.8) is 0 Å². The van der Waals surface area contributed by atoms with E-state index in [0.717, 1.165) is 5.52 Å². The Balaban J connectivity index is 2.05. The lowest BCUT2D eigenvalue weighted by atomic mass is 10.2. The molecule has 0 unspecified atom stereocenters. The second kappa shape index (κ2) is 4.76. The third kappa shape index (κ3) is 2.03. The number of hydrogen-bond donors (Lipinski definition) is 1. The molecule has 3 rings (SSSR count). The van der Waals surface area contributed by atoms with E-state index in [9.17, 15) is 9.90 Å². The van der Waals surface area contributed by atoms with Gasteiger partial charge >= 0.3 is 5.97 Å². The maximum absolute atomic E-state index is 11.2. The van der Waals surface area contributed by atoms with Crippen LogP contribution in [-0.4, -0.2) is 31.0 Å². The zero-order valence-electron chi connectivity index (χ0n) is 10.8. The fourth-order valence-corrected chi connectivity index (χ4v) is 2.04. The third-order valence-electron chi connectivity index (χ3n) is 2.96. The Hall–Kier alpha value is -2.70. The monoisotopic (exact) mass is 272 g/mol. The molecule has 0 aliphatic carbocycles. The highest BCUT2D eigenvalue weighted by Gasteiger charge is 2.17. The molecule has 0 spiro atoms. The minimum Gasteiger partial charge on any atom is -0.476 e. The molecule has 7 nitrogen and oxygen atoms in total. The van der Waals surface area contributed by atoms with Gasteiger partial charge in [-0.2, -0.15) is 10.1 Å². The molecular formula is C13H12N4O3. The van der Waals surface area contributed by atoms with Gasteiger partial charge in [-0.05, 0) is 6.07 Å². The molecule has 0 bridgehead atoms. The van der Waals surface area contributed by atoms with Gasteiger partial charge in [-0.1, -0.05) is 30.3 Å². The molecule has 3 aromatic rings. The smallest absolute Gasteiger partial charge is 0.357 e. The lowest BCUT2D eigenvalue weighted by molar-refractivity contribution is 0.0691. The summed E-state index contributed by atoms with van der Waals surface area (Å²) in [4.78, 5) is 15.4. The van der Waals surface area contributed by atoms with Crippen LogP contribution in [0.4, 0.5) is 0 Å². The predicted octanol–water partition coefficient (Wildman–Crippen LogP) is 1.73. The molecule has 2 heterocycles. The number of aromatic carboxylic acids is 1. The number of aromatic nitrogens is 4. The first-order valence-electron chi connectivity index (χ1n) is 6.19. The van der Waals surface area contributed by atoms with Crippen LogP contribution in [0.2, 0.25) is 0 Å². The Labute approximate surface area is 113 Å². The van der Waals surface area contributed by atoms with Crippen LogP contribution in [0.15, 0.2) is 28.8 Å². The Morgan fingerprint density at radius 1 is 1.40 bits per heavy atom. The van der Waals surface area contributed by atoms with Crippen molar-refractivity contribution in [2.24, 2.45) is 0 Å². The van der Waals surface area contributed by atoms with Crippen LogP contribution >= 0.6 is 0 Å². The summed E-state index contributed by atoms with van der Waals surface area (Å²) in [5.41, 5.74) is 0.757. The first-order chi connectivity index (χ1) is 9.69. The van der Waals surface area contributed by atoms with Gasteiger partial charge in [0.1, 0.15) is 6.54 Å². The highest BCUT2D eigenvalue weighted by atomic mass is 16.5. The van der Waals surface area contributed by atoms with E-state index in [-0.39, 0.29) is 12.2 Å². The summed E-state index contributed by atoms with van der Waals surface area (Å²) in [5, 5.41) is 17.7. The molecule has 2 aromatic heterocycles. The number of nitrogens with zero attached hydrogens (tertiary/aromatic N) is 4. The van der Waals surface area contributed by atoms with Gasteiger partial charge in [-0.3, -0.25) is 4.68 Å². The average Bonchev–Trinajstić information content (AvgIpc) is 3.04. The van der Waals surface area contributed by atoms with E-state index in [1.165, 1.54) is 0 Å². The van der Waals surface area contributed by atoms with Crippen molar-refractivity contribution >= 4 is 16.9 Å². The summed E-state index contributed by atoms with van der Waals surface area (Å²) in [7, 11) is 0. The van der Waals surface area contributed by atoms with Gasteiger partial charge in [-0.25, -0.2) is 4.79 Å². The van der Waals surface area contributed by atoms with Gasteiger partial charge < -0.3 is 9.63 Å². The number of benzene rings is 1. The topological polar surface area (TPSA) is 94.0 Å². The van der Waals surface area contributed by atoms with Crippen molar-refractivity contribution in [1.82, 2.24) is 19.9 Å². The highest BCUT2D eigenvalue weighted by molar-refractivity contribution is 6.01. The SMILES string of the molecule is CCc1nc(Cn2nc(C(=O)O)c3ccccc32)no1. The zero-order chi connectivity index (χ0) is 14.1. The van der Waals surface area contributed by atoms with Crippen molar-refractivity contribution in [3.05, 3.63) is 41.7 Å². The van der Waals surface area contributed by atoms with E-state index in [1.54, 1.807) is 16.8 Å². The van der Waals surface area contributed by atoms with E-state index in [0.29, 0.717) is 23.5 Å². The second-order valence-electron chi connectivity index (χ2n) is 4.29. The fourth-order valence-electron chi connectivity index (χ4n) is 2.04. The number of hydrogen-bond acceptors (Lipinski definition) is 5. The predicted molar refractivity (Wildman–Crippen MR) is 69.5 cm³/mol. The van der Waals surface area contributed by atoms with Gasteiger partial charge in [0.2, 0.25) is 5.89 Å². The number of carboxylic acids is 1. The molecule has 0 saturated heterocycles. The third-order valence-corrected chi connectivity index (χ3v) is 2.96.